The molecule has 0 bridgehead atoms. The van der Waals surface area contributed by atoms with Gasteiger partial charge in [0.25, 0.3) is 0 Å². The summed E-state index contributed by atoms with van der Waals surface area (Å²) >= 11 is 0. The van der Waals surface area contributed by atoms with Gasteiger partial charge < -0.3 is 10.2 Å². The number of benzene rings is 1. The summed E-state index contributed by atoms with van der Waals surface area (Å²) in [5, 5.41) is 18.5. The number of para-hydroxylation sites is 1. The fraction of sp³-hybridized carbons (Fsp3) is 0.353. The van der Waals surface area contributed by atoms with Crippen molar-refractivity contribution in [3.8, 4) is 0 Å². The number of carboxylic acids is 2. The fourth-order valence-corrected chi connectivity index (χ4v) is 3.98. The van der Waals surface area contributed by atoms with E-state index in [4.69, 9.17) is 5.11 Å². The normalized spacial score (nSPS) is 12.8. The minimum Gasteiger partial charge on any atom is -0.481 e. The molecule has 0 unspecified atom stereocenters. The lowest BCUT2D eigenvalue weighted by Crippen LogP contribution is -2.40. The van der Waals surface area contributed by atoms with E-state index in [0.29, 0.717) is 24.6 Å². The first-order chi connectivity index (χ1) is 12.3. The molecule has 0 aliphatic heterocycles. The lowest BCUT2D eigenvalue weighted by molar-refractivity contribution is -0.139. The molecular formula is C17H20N2O6S. The van der Waals surface area contributed by atoms with Gasteiger partial charge in [-0.25, -0.2) is 8.42 Å². The Balaban J connectivity index is 2.11. The summed E-state index contributed by atoms with van der Waals surface area (Å²) in [5.74, 6) is -2.19. The lowest BCUT2D eigenvalue weighted by Gasteiger charge is -2.15. The predicted octanol–water partition coefficient (Wildman–Crippen LogP) is 2.00. The maximum absolute atomic E-state index is 12.6. The van der Waals surface area contributed by atoms with Gasteiger partial charge in [0.1, 0.15) is 10.9 Å². The minimum absolute atomic E-state index is 0.00510. The number of aromatic nitrogens is 1. The average Bonchev–Trinajstić information content (AvgIpc) is 2.59. The molecule has 1 aromatic carbocycles. The zero-order valence-electron chi connectivity index (χ0n) is 14.0. The molecule has 0 aliphatic rings. The number of rotatable bonds is 10. The summed E-state index contributed by atoms with van der Waals surface area (Å²) in [5.41, 5.74) is 0.271. The summed E-state index contributed by atoms with van der Waals surface area (Å²) in [4.78, 5) is 25.9. The van der Waals surface area contributed by atoms with Gasteiger partial charge in [-0.2, -0.15) is 4.72 Å². The van der Waals surface area contributed by atoms with Crippen LogP contribution in [0.25, 0.3) is 10.9 Å². The largest absolute Gasteiger partial charge is 0.481 e. The van der Waals surface area contributed by atoms with Gasteiger partial charge in [-0.1, -0.05) is 31.0 Å². The van der Waals surface area contributed by atoms with Gasteiger partial charge in [0.05, 0.1) is 5.52 Å². The number of nitrogens with zero attached hydrogens (tertiary/aromatic N) is 1. The van der Waals surface area contributed by atoms with Crippen molar-refractivity contribution in [2.45, 2.75) is 43.0 Å². The lowest BCUT2D eigenvalue weighted by atomic mass is 10.1. The van der Waals surface area contributed by atoms with E-state index in [1.54, 1.807) is 24.3 Å². The number of fused-ring (bicyclic) bond motifs is 1. The van der Waals surface area contributed by atoms with Crippen molar-refractivity contribution in [3.63, 3.8) is 0 Å². The molecule has 140 valence electrons. The van der Waals surface area contributed by atoms with Crippen LogP contribution in [-0.2, 0) is 19.6 Å². The topological polar surface area (TPSA) is 134 Å². The first-order valence-electron chi connectivity index (χ1n) is 8.12. The van der Waals surface area contributed by atoms with Crippen LogP contribution < -0.4 is 4.72 Å². The molecule has 1 atom stereocenters. The third-order valence-electron chi connectivity index (χ3n) is 3.86. The third-order valence-corrected chi connectivity index (χ3v) is 5.37. The van der Waals surface area contributed by atoms with E-state index in [2.05, 4.69) is 9.71 Å². The highest BCUT2D eigenvalue weighted by Crippen LogP contribution is 2.21. The number of carboxylic acid groups (broad SMARTS) is 2. The first-order valence-corrected chi connectivity index (χ1v) is 9.60. The van der Waals surface area contributed by atoms with E-state index < -0.39 is 28.0 Å². The second-order valence-corrected chi connectivity index (χ2v) is 7.52. The van der Waals surface area contributed by atoms with Crippen LogP contribution >= 0.6 is 0 Å². The van der Waals surface area contributed by atoms with Crippen LogP contribution in [0.4, 0.5) is 0 Å². The molecule has 2 aromatic rings. The number of pyridine rings is 1. The molecule has 1 heterocycles. The maximum Gasteiger partial charge on any atom is 0.321 e. The number of sulfonamides is 1. The van der Waals surface area contributed by atoms with Crippen LogP contribution in [0.15, 0.2) is 41.4 Å². The van der Waals surface area contributed by atoms with Gasteiger partial charge in [-0.15, -0.1) is 0 Å². The van der Waals surface area contributed by atoms with Gasteiger partial charge in [0.2, 0.25) is 10.0 Å². The minimum atomic E-state index is -4.07. The molecule has 26 heavy (non-hydrogen) atoms. The van der Waals surface area contributed by atoms with Crippen molar-refractivity contribution >= 4 is 32.9 Å². The molecule has 0 saturated carbocycles. The number of carbonyl (C=O) groups is 2. The van der Waals surface area contributed by atoms with Gasteiger partial charge in [-0.05, 0) is 25.0 Å². The highest BCUT2D eigenvalue weighted by atomic mass is 32.2. The van der Waals surface area contributed by atoms with Crippen LogP contribution in [0.2, 0.25) is 0 Å². The Kier molecular flexibility index (Phi) is 6.64. The highest BCUT2D eigenvalue weighted by Gasteiger charge is 2.26. The van der Waals surface area contributed by atoms with E-state index >= 15 is 0 Å². The Morgan fingerprint density at radius 3 is 2.50 bits per heavy atom. The van der Waals surface area contributed by atoms with Crippen LogP contribution in [0, 0.1) is 0 Å². The van der Waals surface area contributed by atoms with E-state index in [1.165, 1.54) is 12.3 Å². The van der Waals surface area contributed by atoms with E-state index in [9.17, 15) is 23.1 Å². The van der Waals surface area contributed by atoms with Gasteiger partial charge in [0.15, 0.2) is 0 Å². The molecular weight excluding hydrogens is 360 g/mol. The molecule has 2 rings (SSSR count). The van der Waals surface area contributed by atoms with Crippen LogP contribution in [-0.4, -0.2) is 41.6 Å². The summed E-state index contributed by atoms with van der Waals surface area (Å²) in [6, 6.07) is 6.79. The van der Waals surface area contributed by atoms with Crippen LogP contribution in [0.5, 0.6) is 0 Å². The molecule has 3 N–H and O–H groups in total. The van der Waals surface area contributed by atoms with Crippen molar-refractivity contribution in [1.82, 2.24) is 9.71 Å². The number of aliphatic carboxylic acids is 2. The van der Waals surface area contributed by atoms with Gasteiger partial charge >= 0.3 is 11.9 Å². The highest BCUT2D eigenvalue weighted by molar-refractivity contribution is 7.89. The average molecular weight is 380 g/mol. The predicted molar refractivity (Wildman–Crippen MR) is 94.2 cm³/mol. The van der Waals surface area contributed by atoms with Crippen molar-refractivity contribution in [2.24, 2.45) is 0 Å². The monoisotopic (exact) mass is 380 g/mol. The third kappa shape index (κ3) is 5.24. The van der Waals surface area contributed by atoms with E-state index in [-0.39, 0.29) is 23.3 Å². The summed E-state index contributed by atoms with van der Waals surface area (Å²) in [6.07, 6.45) is 2.88. The number of unbranched alkanes of at least 4 members (excludes halogenated alkanes) is 2. The summed E-state index contributed by atoms with van der Waals surface area (Å²) in [6.45, 7) is 0. The standard InChI is InChI=1S/C17H20N2O6S/c20-15(21)10-3-1-2-8-13(17(22)23)19-26(24,25)14-9-4-6-12-7-5-11-18-16(12)14/h4-7,9,11,13,19H,1-3,8,10H2,(H,20,21)(H,22,23)/t13-/m0/s1. The van der Waals surface area contributed by atoms with Crippen molar-refractivity contribution in [2.75, 3.05) is 0 Å². The van der Waals surface area contributed by atoms with E-state index in [0.717, 1.165) is 0 Å². The Labute approximate surface area is 150 Å². The second kappa shape index (κ2) is 8.72. The van der Waals surface area contributed by atoms with Gasteiger partial charge in [0, 0.05) is 18.0 Å². The Morgan fingerprint density at radius 1 is 1.08 bits per heavy atom. The molecule has 0 spiro atoms. The van der Waals surface area contributed by atoms with E-state index in [1.807, 2.05) is 0 Å². The number of hydrogen-bond donors (Lipinski definition) is 3. The molecule has 0 amide bonds. The quantitative estimate of drug-likeness (QED) is 0.537. The first kappa shape index (κ1) is 19.8. The molecule has 0 aliphatic carbocycles. The zero-order chi connectivity index (χ0) is 19.2. The zero-order valence-corrected chi connectivity index (χ0v) is 14.8. The molecule has 1 aromatic heterocycles. The Hall–Kier alpha value is -2.52. The van der Waals surface area contributed by atoms with Crippen molar-refractivity contribution in [1.29, 1.82) is 0 Å². The summed E-state index contributed by atoms with van der Waals surface area (Å²) < 4.78 is 27.5. The molecule has 8 nitrogen and oxygen atoms in total. The Bertz CT molecular complexity index is 892. The van der Waals surface area contributed by atoms with Crippen LogP contribution in [0.1, 0.15) is 32.1 Å². The number of nitrogens with one attached hydrogen (secondary N) is 1. The van der Waals surface area contributed by atoms with Crippen molar-refractivity contribution < 1.29 is 28.2 Å². The fourth-order valence-electron chi connectivity index (χ4n) is 2.58. The second-order valence-electron chi connectivity index (χ2n) is 5.84. The smallest absolute Gasteiger partial charge is 0.321 e. The SMILES string of the molecule is O=C(O)CCCCC[C@H](NS(=O)(=O)c1cccc2cccnc12)C(=O)O. The Morgan fingerprint density at radius 2 is 1.81 bits per heavy atom. The number of hydrogen-bond acceptors (Lipinski definition) is 5. The summed E-state index contributed by atoms with van der Waals surface area (Å²) in [7, 11) is -4.07. The molecule has 0 fully saturated rings. The maximum atomic E-state index is 12.6. The molecule has 0 saturated heterocycles. The molecule has 0 radical (unpaired) electrons. The van der Waals surface area contributed by atoms with Crippen molar-refractivity contribution in [3.05, 3.63) is 36.5 Å². The molecule has 9 heteroatoms. The van der Waals surface area contributed by atoms with Gasteiger partial charge in [-0.3, -0.25) is 14.6 Å². The van der Waals surface area contributed by atoms with Crippen LogP contribution in [0.3, 0.4) is 0 Å².